The van der Waals surface area contributed by atoms with Gasteiger partial charge in [-0.15, -0.1) is 0 Å². The van der Waals surface area contributed by atoms with Crippen molar-refractivity contribution in [2.75, 3.05) is 6.61 Å². The predicted octanol–water partition coefficient (Wildman–Crippen LogP) is 4.69. The molecule has 1 saturated carbocycles. The van der Waals surface area contributed by atoms with Crippen LogP contribution in [0.4, 0.5) is 4.39 Å². The van der Waals surface area contributed by atoms with Crippen LogP contribution in [-0.4, -0.2) is 26.0 Å². The fourth-order valence-corrected chi connectivity index (χ4v) is 3.31. The maximum absolute atomic E-state index is 14.7. The van der Waals surface area contributed by atoms with E-state index in [1.54, 1.807) is 18.5 Å². The molecule has 0 unspecified atom stereocenters. The number of imidazole rings is 1. The van der Waals surface area contributed by atoms with E-state index in [1.165, 1.54) is 18.9 Å². The highest BCUT2D eigenvalue weighted by molar-refractivity contribution is 5.81. The Labute approximate surface area is 161 Å². The molecule has 0 saturated heterocycles. The summed E-state index contributed by atoms with van der Waals surface area (Å²) in [5, 5.41) is 0. The monoisotopic (exact) mass is 374 g/mol. The highest BCUT2D eigenvalue weighted by atomic mass is 19.1. The molecule has 3 aromatic heterocycles. The molecule has 6 heteroatoms. The van der Waals surface area contributed by atoms with E-state index < -0.39 is 0 Å². The molecule has 0 amide bonds. The minimum absolute atomic E-state index is 0.291. The van der Waals surface area contributed by atoms with Gasteiger partial charge in [0.25, 0.3) is 0 Å². The Hall–Kier alpha value is -3.28. The molecule has 4 aromatic rings. The van der Waals surface area contributed by atoms with Crippen molar-refractivity contribution in [3.63, 3.8) is 0 Å². The zero-order valence-electron chi connectivity index (χ0n) is 15.5. The van der Waals surface area contributed by atoms with Gasteiger partial charge in [0.1, 0.15) is 0 Å². The molecule has 0 spiro atoms. The summed E-state index contributed by atoms with van der Waals surface area (Å²) in [4.78, 5) is 13.3. The molecule has 1 aliphatic carbocycles. The highest BCUT2D eigenvalue weighted by Gasteiger charge is 2.23. The first-order valence-electron chi connectivity index (χ1n) is 9.38. The predicted molar refractivity (Wildman–Crippen MR) is 105 cm³/mol. The lowest BCUT2D eigenvalue weighted by molar-refractivity contribution is 0.285. The molecule has 0 aliphatic heterocycles. The van der Waals surface area contributed by atoms with Crippen LogP contribution in [0.25, 0.3) is 28.3 Å². The van der Waals surface area contributed by atoms with Crippen LogP contribution in [0.1, 0.15) is 18.5 Å². The third kappa shape index (κ3) is 3.11. The molecule has 3 heterocycles. The van der Waals surface area contributed by atoms with Crippen molar-refractivity contribution >= 4 is 5.78 Å². The van der Waals surface area contributed by atoms with E-state index in [1.807, 2.05) is 41.8 Å². The Bertz CT molecular complexity index is 1170. The first-order valence-corrected chi connectivity index (χ1v) is 9.38. The van der Waals surface area contributed by atoms with E-state index in [9.17, 15) is 4.39 Å². The highest BCUT2D eigenvalue weighted by Crippen LogP contribution is 2.35. The number of aromatic nitrogens is 4. The van der Waals surface area contributed by atoms with Gasteiger partial charge in [0, 0.05) is 35.4 Å². The molecule has 5 nitrogen and oxygen atoms in total. The topological polar surface area (TPSA) is 52.3 Å². The molecule has 0 N–H and O–H groups in total. The van der Waals surface area contributed by atoms with Crippen molar-refractivity contribution in [1.29, 1.82) is 0 Å². The number of hydrogen-bond donors (Lipinski definition) is 0. The van der Waals surface area contributed by atoms with Crippen LogP contribution in [0.3, 0.4) is 0 Å². The van der Waals surface area contributed by atoms with E-state index in [2.05, 4.69) is 15.0 Å². The van der Waals surface area contributed by atoms with E-state index in [-0.39, 0.29) is 5.82 Å². The van der Waals surface area contributed by atoms with Crippen LogP contribution in [0.5, 0.6) is 5.75 Å². The maximum Gasteiger partial charge on any atom is 0.234 e. The molecule has 0 atom stereocenters. The molecule has 28 heavy (non-hydrogen) atoms. The smallest absolute Gasteiger partial charge is 0.234 e. The number of hydrogen-bond acceptors (Lipinski definition) is 4. The van der Waals surface area contributed by atoms with E-state index in [0.717, 1.165) is 17.0 Å². The minimum Gasteiger partial charge on any atom is -0.490 e. The first kappa shape index (κ1) is 16.9. The summed E-state index contributed by atoms with van der Waals surface area (Å²) in [6, 6.07) is 10.8. The van der Waals surface area contributed by atoms with E-state index >= 15 is 0 Å². The molecule has 0 bridgehead atoms. The lowest BCUT2D eigenvalue weighted by Gasteiger charge is -2.09. The van der Waals surface area contributed by atoms with Crippen molar-refractivity contribution in [2.45, 2.75) is 19.8 Å². The van der Waals surface area contributed by atoms with Crippen LogP contribution >= 0.6 is 0 Å². The first-order chi connectivity index (χ1) is 13.7. The molecule has 1 aromatic carbocycles. The van der Waals surface area contributed by atoms with Crippen molar-refractivity contribution in [1.82, 2.24) is 19.4 Å². The van der Waals surface area contributed by atoms with E-state index in [0.29, 0.717) is 35.3 Å². The number of aryl methyl sites for hydroxylation is 1. The van der Waals surface area contributed by atoms with Gasteiger partial charge in [-0.25, -0.2) is 14.4 Å². The number of halogens is 1. The van der Waals surface area contributed by atoms with E-state index in [4.69, 9.17) is 4.74 Å². The largest absolute Gasteiger partial charge is 0.490 e. The molecular weight excluding hydrogens is 355 g/mol. The summed E-state index contributed by atoms with van der Waals surface area (Å²) in [6.45, 7) is 2.52. The van der Waals surface area contributed by atoms with Crippen molar-refractivity contribution in [3.8, 4) is 28.3 Å². The van der Waals surface area contributed by atoms with Gasteiger partial charge < -0.3 is 4.74 Å². The zero-order valence-corrected chi connectivity index (χ0v) is 15.5. The van der Waals surface area contributed by atoms with Gasteiger partial charge in [-0.05, 0) is 62.1 Å². The number of fused-ring (bicyclic) bond motifs is 1. The summed E-state index contributed by atoms with van der Waals surface area (Å²) < 4.78 is 22.2. The number of pyridine rings is 1. The van der Waals surface area contributed by atoms with Crippen molar-refractivity contribution in [3.05, 3.63) is 66.5 Å². The summed E-state index contributed by atoms with van der Waals surface area (Å²) >= 11 is 0. The third-order valence-corrected chi connectivity index (χ3v) is 4.95. The van der Waals surface area contributed by atoms with Crippen LogP contribution in [-0.2, 0) is 0 Å². The quantitative estimate of drug-likeness (QED) is 0.508. The van der Waals surface area contributed by atoms with Crippen molar-refractivity contribution < 1.29 is 9.13 Å². The zero-order chi connectivity index (χ0) is 19.1. The van der Waals surface area contributed by atoms with Gasteiger partial charge in [-0.2, -0.15) is 0 Å². The van der Waals surface area contributed by atoms with Crippen LogP contribution in [0.15, 0.2) is 55.0 Å². The lowest BCUT2D eigenvalue weighted by Crippen LogP contribution is -2.01. The summed E-state index contributed by atoms with van der Waals surface area (Å²) in [6.07, 6.45) is 7.71. The minimum atomic E-state index is -0.375. The molecule has 0 radical (unpaired) electrons. The number of benzene rings is 1. The normalized spacial score (nSPS) is 13.8. The van der Waals surface area contributed by atoms with Crippen LogP contribution < -0.4 is 4.74 Å². The fourth-order valence-electron chi connectivity index (χ4n) is 3.31. The Kier molecular flexibility index (Phi) is 4.04. The average molecular weight is 374 g/mol. The SMILES string of the molecule is Cc1cc(-c2c(-c3ccc(OCC4CC4)c(F)c3)nc3ncccn23)ccn1. The van der Waals surface area contributed by atoms with Gasteiger partial charge >= 0.3 is 0 Å². The van der Waals surface area contributed by atoms with Gasteiger partial charge in [0.2, 0.25) is 5.78 Å². The standard InChI is InChI=1S/C22H19FN4O/c1-14-11-17(7-9-24-14)21-20(26-22-25-8-2-10-27(21)22)16-5-6-19(18(23)12-16)28-13-15-3-4-15/h2,5-12,15H,3-4,13H2,1H3. The van der Waals surface area contributed by atoms with Gasteiger partial charge in [0.15, 0.2) is 11.6 Å². The Morgan fingerprint density at radius 1 is 1.11 bits per heavy atom. The van der Waals surface area contributed by atoms with Crippen molar-refractivity contribution in [2.24, 2.45) is 5.92 Å². The summed E-state index contributed by atoms with van der Waals surface area (Å²) in [5.74, 6) is 1.06. The molecule has 140 valence electrons. The molecule has 1 aliphatic rings. The second-order valence-corrected chi connectivity index (χ2v) is 7.18. The molecule has 5 rings (SSSR count). The van der Waals surface area contributed by atoms with Crippen LogP contribution in [0.2, 0.25) is 0 Å². The summed E-state index contributed by atoms with van der Waals surface area (Å²) in [5.41, 5.74) is 4.08. The average Bonchev–Trinajstić information content (AvgIpc) is 3.44. The maximum atomic E-state index is 14.7. The Balaban J connectivity index is 1.62. The summed E-state index contributed by atoms with van der Waals surface area (Å²) in [7, 11) is 0. The fraction of sp³-hybridized carbons (Fsp3) is 0.227. The number of ether oxygens (including phenoxy) is 1. The van der Waals surface area contributed by atoms with Gasteiger partial charge in [-0.3, -0.25) is 9.38 Å². The Morgan fingerprint density at radius 3 is 2.79 bits per heavy atom. The number of nitrogens with zero attached hydrogens (tertiary/aromatic N) is 4. The number of rotatable bonds is 5. The van der Waals surface area contributed by atoms with Crippen LogP contribution in [0, 0.1) is 18.7 Å². The Morgan fingerprint density at radius 2 is 2.00 bits per heavy atom. The molecular formula is C22H19FN4O. The van der Waals surface area contributed by atoms with Gasteiger partial charge in [-0.1, -0.05) is 0 Å². The molecule has 1 fully saturated rings. The lowest BCUT2D eigenvalue weighted by atomic mass is 10.0. The van der Waals surface area contributed by atoms with Gasteiger partial charge in [0.05, 0.1) is 18.0 Å². The second kappa shape index (κ2) is 6.71. The second-order valence-electron chi connectivity index (χ2n) is 7.18. The third-order valence-electron chi connectivity index (χ3n) is 4.95.